The van der Waals surface area contributed by atoms with E-state index < -0.39 is 5.97 Å². The first-order valence-electron chi connectivity index (χ1n) is 8.42. The van der Waals surface area contributed by atoms with Gasteiger partial charge in [0.2, 0.25) is 5.91 Å². The highest BCUT2D eigenvalue weighted by atomic mass is 16.5. The van der Waals surface area contributed by atoms with Crippen LogP contribution in [-0.4, -0.2) is 47.0 Å². The third-order valence-electron chi connectivity index (χ3n) is 3.92. The van der Waals surface area contributed by atoms with Crippen molar-refractivity contribution in [3.63, 3.8) is 0 Å². The van der Waals surface area contributed by atoms with E-state index in [1.807, 2.05) is 13.8 Å². The quantitative estimate of drug-likeness (QED) is 0.713. The number of nitrogens with zero attached hydrogens (tertiary/aromatic N) is 1. The monoisotopic (exact) mass is 348 g/mol. The van der Waals surface area contributed by atoms with Crippen molar-refractivity contribution < 1.29 is 24.2 Å². The lowest BCUT2D eigenvalue weighted by Crippen LogP contribution is -2.41. The van der Waals surface area contributed by atoms with Crippen LogP contribution in [0.1, 0.15) is 33.1 Å². The van der Waals surface area contributed by atoms with Crippen LogP contribution in [0.15, 0.2) is 24.3 Å². The van der Waals surface area contributed by atoms with Crippen LogP contribution in [0.3, 0.4) is 0 Å². The summed E-state index contributed by atoms with van der Waals surface area (Å²) in [5.41, 5.74) is 0.633. The summed E-state index contributed by atoms with van der Waals surface area (Å²) in [4.78, 5) is 36.2. The van der Waals surface area contributed by atoms with Gasteiger partial charge >= 0.3 is 5.97 Å². The molecule has 0 bridgehead atoms. The number of hydrogen-bond donors (Lipinski definition) is 2. The molecule has 0 unspecified atom stereocenters. The predicted octanol–water partition coefficient (Wildman–Crippen LogP) is 2.13. The first-order chi connectivity index (χ1) is 11.9. The molecule has 1 aromatic rings. The Morgan fingerprint density at radius 2 is 2.04 bits per heavy atom. The molecule has 0 saturated heterocycles. The molecule has 1 fully saturated rings. The SMILES string of the molecule is CC(C)N(CCC(=O)O)C(=O)COc1cccc(NC(=O)C2CC2)c1. The van der Waals surface area contributed by atoms with Gasteiger partial charge in [0.05, 0.1) is 6.42 Å². The van der Waals surface area contributed by atoms with Crippen LogP contribution in [0.5, 0.6) is 5.75 Å². The summed E-state index contributed by atoms with van der Waals surface area (Å²) in [6.07, 6.45) is 1.75. The molecule has 0 atom stereocenters. The van der Waals surface area contributed by atoms with Crippen molar-refractivity contribution >= 4 is 23.5 Å². The fraction of sp³-hybridized carbons (Fsp3) is 0.500. The molecule has 1 aliphatic rings. The summed E-state index contributed by atoms with van der Waals surface area (Å²) in [6.45, 7) is 3.62. The fourth-order valence-electron chi connectivity index (χ4n) is 2.37. The Hall–Kier alpha value is -2.57. The Bertz CT molecular complexity index is 640. The first-order valence-corrected chi connectivity index (χ1v) is 8.42. The minimum Gasteiger partial charge on any atom is -0.484 e. The topological polar surface area (TPSA) is 95.9 Å². The lowest BCUT2D eigenvalue weighted by Gasteiger charge is -2.26. The minimum absolute atomic E-state index is 0.00730. The van der Waals surface area contributed by atoms with Gasteiger partial charge in [-0.15, -0.1) is 0 Å². The summed E-state index contributed by atoms with van der Waals surface area (Å²) >= 11 is 0. The third-order valence-corrected chi connectivity index (χ3v) is 3.92. The van der Waals surface area contributed by atoms with E-state index in [1.54, 1.807) is 24.3 Å². The maximum absolute atomic E-state index is 12.3. The molecule has 25 heavy (non-hydrogen) atoms. The second-order valence-electron chi connectivity index (χ2n) is 6.40. The molecule has 0 radical (unpaired) electrons. The van der Waals surface area contributed by atoms with Crippen LogP contribution >= 0.6 is 0 Å². The van der Waals surface area contributed by atoms with Crippen molar-refractivity contribution in [2.75, 3.05) is 18.5 Å². The van der Waals surface area contributed by atoms with Gasteiger partial charge in [-0.3, -0.25) is 14.4 Å². The highest BCUT2D eigenvalue weighted by molar-refractivity contribution is 5.94. The van der Waals surface area contributed by atoms with E-state index >= 15 is 0 Å². The van der Waals surface area contributed by atoms with Crippen molar-refractivity contribution in [3.8, 4) is 5.75 Å². The number of carbonyl (C=O) groups is 3. The number of ether oxygens (including phenoxy) is 1. The number of carboxylic acid groups (broad SMARTS) is 1. The Balaban J connectivity index is 1.89. The fourth-order valence-corrected chi connectivity index (χ4v) is 2.37. The van der Waals surface area contributed by atoms with E-state index in [1.165, 1.54) is 4.90 Å². The Morgan fingerprint density at radius 3 is 2.64 bits per heavy atom. The number of amides is 2. The summed E-state index contributed by atoms with van der Waals surface area (Å²) in [6, 6.07) is 6.77. The average Bonchev–Trinajstić information content (AvgIpc) is 3.37. The van der Waals surface area contributed by atoms with Crippen LogP contribution in [0, 0.1) is 5.92 Å². The van der Waals surface area contributed by atoms with E-state index in [0.29, 0.717) is 11.4 Å². The maximum Gasteiger partial charge on any atom is 0.305 e. The van der Waals surface area contributed by atoms with Crippen LogP contribution in [0.25, 0.3) is 0 Å². The van der Waals surface area contributed by atoms with Crippen LogP contribution in [0.2, 0.25) is 0 Å². The highest BCUT2D eigenvalue weighted by Gasteiger charge is 2.29. The Kier molecular flexibility index (Phi) is 6.38. The molecule has 136 valence electrons. The first kappa shape index (κ1) is 18.8. The van der Waals surface area contributed by atoms with Crippen molar-refractivity contribution in [2.24, 2.45) is 5.92 Å². The van der Waals surface area contributed by atoms with Crippen molar-refractivity contribution in [1.29, 1.82) is 0 Å². The molecule has 0 heterocycles. The smallest absolute Gasteiger partial charge is 0.305 e. The highest BCUT2D eigenvalue weighted by Crippen LogP contribution is 2.30. The molecule has 2 amide bonds. The van der Waals surface area contributed by atoms with Crippen molar-refractivity contribution in [2.45, 2.75) is 39.2 Å². The van der Waals surface area contributed by atoms with E-state index in [0.717, 1.165) is 12.8 Å². The zero-order valence-electron chi connectivity index (χ0n) is 14.5. The van der Waals surface area contributed by atoms with E-state index in [2.05, 4.69) is 5.32 Å². The number of nitrogens with one attached hydrogen (secondary N) is 1. The number of aliphatic carboxylic acids is 1. The second kappa shape index (κ2) is 8.50. The second-order valence-corrected chi connectivity index (χ2v) is 6.40. The predicted molar refractivity (Wildman–Crippen MR) is 92.4 cm³/mol. The molecule has 0 aromatic heterocycles. The molecule has 2 rings (SSSR count). The van der Waals surface area contributed by atoms with E-state index in [4.69, 9.17) is 9.84 Å². The van der Waals surface area contributed by atoms with Gasteiger partial charge in [0.15, 0.2) is 6.61 Å². The van der Waals surface area contributed by atoms with Gasteiger partial charge in [0, 0.05) is 30.3 Å². The number of carboxylic acids is 1. The largest absolute Gasteiger partial charge is 0.484 e. The average molecular weight is 348 g/mol. The molecule has 7 heteroatoms. The summed E-state index contributed by atoms with van der Waals surface area (Å²) in [7, 11) is 0. The number of anilines is 1. The summed E-state index contributed by atoms with van der Waals surface area (Å²) in [5, 5.41) is 11.6. The van der Waals surface area contributed by atoms with E-state index in [9.17, 15) is 14.4 Å². The van der Waals surface area contributed by atoms with Crippen LogP contribution in [-0.2, 0) is 14.4 Å². The van der Waals surface area contributed by atoms with Gasteiger partial charge in [0.1, 0.15) is 5.75 Å². The number of carbonyl (C=O) groups excluding carboxylic acids is 2. The van der Waals surface area contributed by atoms with E-state index in [-0.39, 0.29) is 43.3 Å². The minimum atomic E-state index is -0.946. The zero-order valence-corrected chi connectivity index (χ0v) is 14.5. The van der Waals surface area contributed by atoms with Crippen molar-refractivity contribution in [1.82, 2.24) is 4.90 Å². The Morgan fingerprint density at radius 1 is 1.32 bits per heavy atom. The summed E-state index contributed by atoms with van der Waals surface area (Å²) < 4.78 is 5.51. The third kappa shape index (κ3) is 6.10. The molecular weight excluding hydrogens is 324 g/mol. The Labute approximate surface area is 147 Å². The van der Waals surface area contributed by atoms with Crippen molar-refractivity contribution in [3.05, 3.63) is 24.3 Å². The van der Waals surface area contributed by atoms with Crippen LogP contribution < -0.4 is 10.1 Å². The normalized spacial score (nSPS) is 13.4. The molecule has 1 saturated carbocycles. The number of benzene rings is 1. The van der Waals surface area contributed by atoms with Gasteiger partial charge < -0.3 is 20.1 Å². The summed E-state index contributed by atoms with van der Waals surface area (Å²) in [5.74, 6) is -0.626. The molecule has 0 spiro atoms. The number of rotatable bonds is 9. The molecular formula is C18H24N2O5. The molecule has 1 aromatic carbocycles. The standard InChI is InChI=1S/C18H24N2O5/c1-12(2)20(9-8-17(22)23)16(21)11-25-15-5-3-4-14(10-15)19-18(24)13-6-7-13/h3-5,10,12-13H,6-9,11H2,1-2H3,(H,19,24)(H,22,23). The molecule has 1 aliphatic carbocycles. The lowest BCUT2D eigenvalue weighted by molar-refractivity contribution is -0.139. The van der Waals surface area contributed by atoms with Gasteiger partial charge in [-0.2, -0.15) is 0 Å². The lowest BCUT2D eigenvalue weighted by atomic mass is 10.2. The maximum atomic E-state index is 12.3. The number of hydrogen-bond acceptors (Lipinski definition) is 4. The van der Waals surface area contributed by atoms with Gasteiger partial charge in [-0.25, -0.2) is 0 Å². The molecule has 7 nitrogen and oxygen atoms in total. The van der Waals surface area contributed by atoms with Gasteiger partial charge in [0.25, 0.3) is 5.91 Å². The van der Waals surface area contributed by atoms with Gasteiger partial charge in [-0.05, 0) is 38.8 Å². The van der Waals surface area contributed by atoms with Gasteiger partial charge in [-0.1, -0.05) is 6.07 Å². The molecule has 0 aliphatic heterocycles. The van der Waals surface area contributed by atoms with Crippen LogP contribution in [0.4, 0.5) is 5.69 Å². The molecule has 2 N–H and O–H groups in total. The zero-order chi connectivity index (χ0) is 18.4.